The first-order valence-corrected chi connectivity index (χ1v) is 10.9. The molecule has 0 bridgehead atoms. The number of hydrogen-bond acceptors (Lipinski definition) is 3. The maximum Gasteiger partial charge on any atom is 0.460 e. The van der Waals surface area contributed by atoms with Crippen LogP contribution in [0.15, 0.2) is 30.3 Å². The fourth-order valence-electron chi connectivity index (χ4n) is 2.19. The molecule has 1 aromatic rings. The van der Waals surface area contributed by atoms with Gasteiger partial charge in [0, 0.05) is 5.56 Å². The molecule has 1 aromatic carbocycles. The molecule has 0 spiro atoms. The summed E-state index contributed by atoms with van der Waals surface area (Å²) in [6, 6.07) is 10.9. The van der Waals surface area contributed by atoms with Crippen LogP contribution in [-0.4, -0.2) is 47.8 Å². The molecule has 14 heteroatoms. The van der Waals surface area contributed by atoms with Gasteiger partial charge >= 0.3 is 23.3 Å². The number of rotatable bonds is 5. The Balaban J connectivity index is 0.000000304. The molecular formula is C15H15F9O3S2. The molecular weight excluding hydrogens is 463 g/mol. The molecule has 2 rings (SSSR count). The Morgan fingerprint density at radius 3 is 1.66 bits per heavy atom. The van der Waals surface area contributed by atoms with Crippen molar-refractivity contribution < 1.29 is 52.5 Å². The lowest BCUT2D eigenvalue weighted by Crippen LogP contribution is -2.63. The van der Waals surface area contributed by atoms with Crippen molar-refractivity contribution in [1.29, 1.82) is 0 Å². The van der Waals surface area contributed by atoms with Gasteiger partial charge in [0.05, 0.1) is 0 Å². The van der Waals surface area contributed by atoms with Gasteiger partial charge in [0.1, 0.15) is 17.3 Å². The SMILES string of the molecule is O=S(=O)([O-])C(F)(F)C(F)(F)C(F)(F)C(F)(F)F.c1ccc(C[S+]2CCCC2)cc1. The first-order valence-electron chi connectivity index (χ1n) is 7.79. The van der Waals surface area contributed by atoms with Crippen molar-refractivity contribution >= 4 is 21.0 Å². The minimum atomic E-state index is -7.43. The highest BCUT2D eigenvalue weighted by atomic mass is 32.2. The van der Waals surface area contributed by atoms with Crippen LogP contribution in [0, 0.1) is 0 Å². The van der Waals surface area contributed by atoms with Crippen LogP contribution in [0.3, 0.4) is 0 Å². The first-order chi connectivity index (χ1) is 12.9. The highest BCUT2D eigenvalue weighted by Crippen LogP contribution is 2.54. The molecule has 3 nitrogen and oxygen atoms in total. The summed E-state index contributed by atoms with van der Waals surface area (Å²) in [6.45, 7) is 0. The normalized spacial score (nSPS) is 17.0. The van der Waals surface area contributed by atoms with Crippen molar-refractivity contribution in [3.63, 3.8) is 0 Å². The van der Waals surface area contributed by atoms with Crippen molar-refractivity contribution in [1.82, 2.24) is 0 Å². The van der Waals surface area contributed by atoms with E-state index < -0.39 is 33.4 Å². The quantitative estimate of drug-likeness (QED) is 0.354. The second-order valence-electron chi connectivity index (χ2n) is 5.98. The van der Waals surface area contributed by atoms with E-state index in [1.807, 2.05) is 0 Å². The molecule has 29 heavy (non-hydrogen) atoms. The van der Waals surface area contributed by atoms with Crippen molar-refractivity contribution in [2.75, 3.05) is 11.5 Å². The topological polar surface area (TPSA) is 57.2 Å². The molecule has 1 saturated heterocycles. The summed E-state index contributed by atoms with van der Waals surface area (Å²) in [6.07, 6.45) is -4.23. The molecule has 0 aliphatic carbocycles. The second-order valence-corrected chi connectivity index (χ2v) is 9.73. The molecule has 168 valence electrons. The number of benzene rings is 1. The summed E-state index contributed by atoms with van der Waals surface area (Å²) in [5.41, 5.74) is 1.53. The lowest BCUT2D eigenvalue weighted by molar-refractivity contribution is -0.382. The molecule has 0 saturated carbocycles. The third-order valence-corrected chi connectivity index (χ3v) is 7.12. The largest absolute Gasteiger partial charge is 0.743 e. The fourth-order valence-corrected chi connectivity index (χ4v) is 5.01. The van der Waals surface area contributed by atoms with E-state index in [4.69, 9.17) is 0 Å². The van der Waals surface area contributed by atoms with Crippen LogP contribution >= 0.6 is 0 Å². The Morgan fingerprint density at radius 2 is 1.28 bits per heavy atom. The van der Waals surface area contributed by atoms with E-state index in [-0.39, 0.29) is 0 Å². The predicted molar refractivity (Wildman–Crippen MR) is 87.1 cm³/mol. The summed E-state index contributed by atoms with van der Waals surface area (Å²) in [4.78, 5) is 0. The third kappa shape index (κ3) is 5.72. The molecule has 0 unspecified atom stereocenters. The van der Waals surface area contributed by atoms with Gasteiger partial charge in [-0.05, 0) is 23.7 Å². The highest BCUT2D eigenvalue weighted by molar-refractivity contribution is 7.96. The van der Waals surface area contributed by atoms with Crippen LogP contribution in [0.4, 0.5) is 39.5 Å². The van der Waals surface area contributed by atoms with E-state index in [0.29, 0.717) is 0 Å². The summed E-state index contributed by atoms with van der Waals surface area (Å²) < 4.78 is 135. The van der Waals surface area contributed by atoms with Gasteiger partial charge in [-0.1, -0.05) is 30.3 Å². The van der Waals surface area contributed by atoms with E-state index in [2.05, 4.69) is 30.3 Å². The van der Waals surface area contributed by atoms with E-state index in [1.165, 1.54) is 35.7 Å². The van der Waals surface area contributed by atoms with Crippen LogP contribution in [-0.2, 0) is 26.8 Å². The van der Waals surface area contributed by atoms with E-state index >= 15 is 0 Å². The van der Waals surface area contributed by atoms with Gasteiger partial charge in [0.2, 0.25) is 0 Å². The van der Waals surface area contributed by atoms with Crippen LogP contribution in [0.2, 0.25) is 0 Å². The molecule has 0 aromatic heterocycles. The van der Waals surface area contributed by atoms with Gasteiger partial charge in [0.25, 0.3) is 0 Å². The lowest BCUT2D eigenvalue weighted by Gasteiger charge is -2.34. The summed E-state index contributed by atoms with van der Waals surface area (Å²) in [7, 11) is -6.70. The zero-order valence-corrected chi connectivity index (χ0v) is 16.0. The summed E-state index contributed by atoms with van der Waals surface area (Å²) in [5, 5.41) is -7.11. The maximum atomic E-state index is 12.2. The van der Waals surface area contributed by atoms with Crippen molar-refractivity contribution in [3.8, 4) is 0 Å². The fraction of sp³-hybridized carbons (Fsp3) is 0.600. The van der Waals surface area contributed by atoms with Gasteiger partial charge in [0.15, 0.2) is 10.1 Å². The first kappa shape index (κ1) is 25.9. The van der Waals surface area contributed by atoms with Gasteiger partial charge in [-0.2, -0.15) is 39.5 Å². The molecule has 1 aliphatic heterocycles. The number of alkyl halides is 9. The van der Waals surface area contributed by atoms with Crippen molar-refractivity contribution in [3.05, 3.63) is 35.9 Å². The lowest BCUT2D eigenvalue weighted by atomic mass is 10.1. The minimum Gasteiger partial charge on any atom is -0.743 e. The zero-order chi connectivity index (χ0) is 22.7. The van der Waals surface area contributed by atoms with Gasteiger partial charge in [-0.3, -0.25) is 0 Å². The minimum absolute atomic E-state index is 0.722. The van der Waals surface area contributed by atoms with Crippen LogP contribution < -0.4 is 0 Å². The Bertz CT molecular complexity index is 759. The predicted octanol–water partition coefficient (Wildman–Crippen LogP) is 4.56. The molecule has 0 amide bonds. The van der Waals surface area contributed by atoms with Crippen LogP contribution in [0.1, 0.15) is 18.4 Å². The highest BCUT2D eigenvalue weighted by Gasteiger charge is 2.83. The molecule has 1 fully saturated rings. The Kier molecular flexibility index (Phi) is 7.96. The Morgan fingerprint density at radius 1 is 0.828 bits per heavy atom. The Hall–Kier alpha value is -1.15. The monoisotopic (exact) mass is 478 g/mol. The summed E-state index contributed by atoms with van der Waals surface area (Å²) >= 11 is 0. The molecule has 0 atom stereocenters. The van der Waals surface area contributed by atoms with Gasteiger partial charge in [-0.25, -0.2) is 8.42 Å². The van der Waals surface area contributed by atoms with E-state index in [0.717, 1.165) is 10.9 Å². The standard InChI is InChI=1S/C11H15S.C4HF9O3S/c1-2-6-11(7-3-1)10-12-8-4-5-9-12;5-1(6,3(9,10)11)2(7,8)4(12,13)17(14,15)16/h1-3,6-7H,4-5,8-10H2;(H,14,15,16)/q+1;/p-1. The number of halogens is 9. The molecule has 1 aliphatic rings. The molecule has 1 heterocycles. The molecule has 0 N–H and O–H groups in total. The van der Waals surface area contributed by atoms with Crippen molar-refractivity contribution in [2.45, 2.75) is 41.9 Å². The van der Waals surface area contributed by atoms with E-state index in [1.54, 1.807) is 0 Å². The second kappa shape index (κ2) is 8.92. The average Bonchev–Trinajstić information content (AvgIpc) is 3.07. The van der Waals surface area contributed by atoms with Gasteiger partial charge < -0.3 is 4.55 Å². The third-order valence-electron chi connectivity index (χ3n) is 3.76. The molecule has 0 radical (unpaired) electrons. The Labute approximate surface area is 163 Å². The summed E-state index contributed by atoms with van der Waals surface area (Å²) in [5.74, 6) is -10.5. The van der Waals surface area contributed by atoms with Crippen LogP contribution in [0.25, 0.3) is 0 Å². The van der Waals surface area contributed by atoms with Crippen LogP contribution in [0.5, 0.6) is 0 Å². The van der Waals surface area contributed by atoms with E-state index in [9.17, 15) is 52.5 Å². The number of hydrogen-bond donors (Lipinski definition) is 0. The smallest absolute Gasteiger partial charge is 0.460 e. The van der Waals surface area contributed by atoms with Crippen molar-refractivity contribution in [2.24, 2.45) is 0 Å². The zero-order valence-electron chi connectivity index (χ0n) is 14.4. The average molecular weight is 478 g/mol. The maximum absolute atomic E-state index is 12.2. The van der Waals surface area contributed by atoms with Gasteiger partial charge in [-0.15, -0.1) is 0 Å².